The summed E-state index contributed by atoms with van der Waals surface area (Å²) in [6.07, 6.45) is 3.44. The third-order valence-corrected chi connectivity index (χ3v) is 3.39. The molecule has 0 radical (unpaired) electrons. The molecule has 3 rings (SSSR count). The van der Waals surface area contributed by atoms with Crippen LogP contribution in [0.15, 0.2) is 30.6 Å². The predicted molar refractivity (Wildman–Crippen MR) is 75.0 cm³/mol. The fraction of sp³-hybridized carbons (Fsp3) is 0.429. The molecule has 1 amide bonds. The molecule has 1 saturated carbocycles. The lowest BCUT2D eigenvalue weighted by atomic mass is 10.3. The molecule has 2 aromatic rings. The fourth-order valence-electron chi connectivity index (χ4n) is 1.93. The lowest BCUT2D eigenvalue weighted by molar-refractivity contribution is -0.127. The molecule has 0 aliphatic heterocycles. The largest absolute Gasteiger partial charge is 0.481 e. The Morgan fingerprint density at radius 2 is 2.19 bits per heavy atom. The maximum absolute atomic E-state index is 11.9. The first kappa shape index (κ1) is 13.5. The van der Waals surface area contributed by atoms with Crippen molar-refractivity contribution >= 4 is 5.91 Å². The molecule has 110 valence electrons. The van der Waals surface area contributed by atoms with Crippen LogP contribution in [0.25, 0.3) is 5.69 Å². The summed E-state index contributed by atoms with van der Waals surface area (Å²) in [6, 6.07) is 7.25. The van der Waals surface area contributed by atoms with Crippen molar-refractivity contribution in [3.63, 3.8) is 0 Å². The quantitative estimate of drug-likeness (QED) is 0.855. The molecule has 0 spiro atoms. The van der Waals surface area contributed by atoms with Gasteiger partial charge in [0.05, 0.1) is 5.69 Å². The van der Waals surface area contributed by atoms with E-state index in [-0.39, 0.29) is 5.91 Å². The Kier molecular flexibility index (Phi) is 3.81. The van der Waals surface area contributed by atoms with E-state index >= 15 is 0 Å². The predicted octanol–water partition coefficient (Wildman–Crippen LogP) is 0.956. The van der Waals surface area contributed by atoms with Crippen molar-refractivity contribution in [3.8, 4) is 11.4 Å². The van der Waals surface area contributed by atoms with Gasteiger partial charge in [0.1, 0.15) is 12.1 Å². The van der Waals surface area contributed by atoms with Crippen LogP contribution in [0.3, 0.4) is 0 Å². The van der Waals surface area contributed by atoms with Gasteiger partial charge >= 0.3 is 0 Å². The van der Waals surface area contributed by atoms with Crippen molar-refractivity contribution in [1.82, 2.24) is 25.5 Å². The van der Waals surface area contributed by atoms with Crippen molar-refractivity contribution in [2.45, 2.75) is 25.9 Å². The highest BCUT2D eigenvalue weighted by atomic mass is 16.5. The molecular weight excluding hydrogens is 270 g/mol. The Balaban J connectivity index is 1.55. The minimum atomic E-state index is -0.511. The van der Waals surface area contributed by atoms with Gasteiger partial charge in [-0.15, -0.1) is 5.10 Å². The fourth-order valence-corrected chi connectivity index (χ4v) is 1.93. The van der Waals surface area contributed by atoms with Crippen LogP contribution in [0, 0.1) is 5.92 Å². The number of hydrogen-bond donors (Lipinski definition) is 1. The summed E-state index contributed by atoms with van der Waals surface area (Å²) >= 11 is 0. The first-order valence-electron chi connectivity index (χ1n) is 7.00. The summed E-state index contributed by atoms with van der Waals surface area (Å²) in [5.41, 5.74) is 0.832. The lowest BCUT2D eigenvalue weighted by Crippen LogP contribution is -2.37. The molecule has 1 aliphatic rings. The number of hydrogen-bond acceptors (Lipinski definition) is 5. The zero-order valence-corrected chi connectivity index (χ0v) is 11.8. The van der Waals surface area contributed by atoms with Crippen molar-refractivity contribution in [3.05, 3.63) is 30.6 Å². The van der Waals surface area contributed by atoms with Gasteiger partial charge in [-0.25, -0.2) is 4.68 Å². The third-order valence-electron chi connectivity index (χ3n) is 3.39. The van der Waals surface area contributed by atoms with Crippen molar-refractivity contribution in [2.24, 2.45) is 5.92 Å². The number of nitrogens with one attached hydrogen (secondary N) is 1. The normalized spacial score (nSPS) is 15.5. The number of nitrogens with zero attached hydrogens (tertiary/aromatic N) is 4. The number of rotatable bonds is 6. The zero-order valence-electron chi connectivity index (χ0n) is 11.8. The van der Waals surface area contributed by atoms with Crippen LogP contribution >= 0.6 is 0 Å². The topological polar surface area (TPSA) is 81.9 Å². The first-order chi connectivity index (χ1) is 10.2. The Bertz CT molecular complexity index is 592. The van der Waals surface area contributed by atoms with Crippen LogP contribution in [-0.2, 0) is 4.79 Å². The van der Waals surface area contributed by atoms with Crippen LogP contribution < -0.4 is 10.1 Å². The average molecular weight is 287 g/mol. The number of aromatic nitrogens is 4. The zero-order chi connectivity index (χ0) is 14.7. The minimum Gasteiger partial charge on any atom is -0.481 e. The van der Waals surface area contributed by atoms with Gasteiger partial charge in [-0.1, -0.05) is 0 Å². The molecule has 21 heavy (non-hydrogen) atoms. The van der Waals surface area contributed by atoms with Gasteiger partial charge < -0.3 is 10.1 Å². The number of carbonyl (C=O) groups is 1. The molecule has 1 aromatic carbocycles. The van der Waals surface area contributed by atoms with E-state index in [9.17, 15) is 4.79 Å². The molecule has 0 bridgehead atoms. The van der Waals surface area contributed by atoms with Crippen molar-refractivity contribution in [2.75, 3.05) is 6.54 Å². The number of tetrazole rings is 1. The second-order valence-corrected chi connectivity index (χ2v) is 5.20. The summed E-state index contributed by atoms with van der Waals surface area (Å²) < 4.78 is 7.18. The van der Waals surface area contributed by atoms with Crippen molar-refractivity contribution < 1.29 is 9.53 Å². The van der Waals surface area contributed by atoms with E-state index in [1.165, 1.54) is 19.2 Å². The number of ether oxygens (including phenoxy) is 1. The van der Waals surface area contributed by atoms with Gasteiger partial charge in [0.25, 0.3) is 5.91 Å². The van der Waals surface area contributed by atoms with Gasteiger partial charge in [-0.05, 0) is 60.4 Å². The maximum Gasteiger partial charge on any atom is 0.260 e. The molecule has 1 aromatic heterocycles. The van der Waals surface area contributed by atoms with Gasteiger partial charge in [0, 0.05) is 6.54 Å². The summed E-state index contributed by atoms with van der Waals surface area (Å²) in [5, 5.41) is 13.9. The van der Waals surface area contributed by atoms with Crippen LogP contribution in [-0.4, -0.2) is 38.8 Å². The van der Waals surface area contributed by atoms with E-state index in [0.717, 1.165) is 12.2 Å². The van der Waals surface area contributed by atoms with Gasteiger partial charge in [0.15, 0.2) is 6.10 Å². The summed E-state index contributed by atoms with van der Waals surface area (Å²) in [5.74, 6) is 1.23. The van der Waals surface area contributed by atoms with Crippen LogP contribution in [0.2, 0.25) is 0 Å². The van der Waals surface area contributed by atoms with E-state index in [0.29, 0.717) is 11.7 Å². The molecule has 1 atom stereocenters. The van der Waals surface area contributed by atoms with Gasteiger partial charge in [-0.3, -0.25) is 4.79 Å². The monoisotopic (exact) mass is 287 g/mol. The molecule has 0 saturated heterocycles. The van der Waals surface area contributed by atoms with Gasteiger partial charge in [0.2, 0.25) is 0 Å². The third kappa shape index (κ3) is 3.56. The lowest BCUT2D eigenvalue weighted by Gasteiger charge is -2.14. The molecule has 1 heterocycles. The smallest absolute Gasteiger partial charge is 0.260 e. The van der Waals surface area contributed by atoms with Gasteiger partial charge in [-0.2, -0.15) is 0 Å². The standard InChI is InChI=1S/C14H17N5O2/c1-10(14(20)15-8-11-2-3-11)21-13-6-4-12(5-7-13)19-9-16-17-18-19/h4-7,9-11H,2-3,8H2,1H3,(H,15,20). The van der Waals surface area contributed by atoms with Crippen LogP contribution in [0.5, 0.6) is 5.75 Å². The molecule has 1 aliphatic carbocycles. The van der Waals surface area contributed by atoms with Crippen molar-refractivity contribution in [1.29, 1.82) is 0 Å². The van der Waals surface area contributed by atoms with E-state index in [2.05, 4.69) is 20.8 Å². The van der Waals surface area contributed by atoms with E-state index < -0.39 is 6.10 Å². The number of amides is 1. The highest BCUT2D eigenvalue weighted by Crippen LogP contribution is 2.27. The summed E-state index contributed by atoms with van der Waals surface area (Å²) in [4.78, 5) is 11.9. The molecule has 1 unspecified atom stereocenters. The highest BCUT2D eigenvalue weighted by molar-refractivity contribution is 5.80. The van der Waals surface area contributed by atoms with Crippen LogP contribution in [0.4, 0.5) is 0 Å². The average Bonchev–Trinajstić information content (AvgIpc) is 3.17. The van der Waals surface area contributed by atoms with E-state index in [4.69, 9.17) is 4.74 Å². The van der Waals surface area contributed by atoms with E-state index in [1.54, 1.807) is 23.7 Å². The highest BCUT2D eigenvalue weighted by Gasteiger charge is 2.23. The second-order valence-electron chi connectivity index (χ2n) is 5.20. The molecule has 1 fully saturated rings. The number of carbonyl (C=O) groups excluding carboxylic acids is 1. The molecule has 1 N–H and O–H groups in total. The summed E-state index contributed by atoms with van der Waals surface area (Å²) in [7, 11) is 0. The molecule has 7 heteroatoms. The summed E-state index contributed by atoms with van der Waals surface area (Å²) in [6.45, 7) is 2.50. The molecule has 7 nitrogen and oxygen atoms in total. The Morgan fingerprint density at radius 1 is 1.43 bits per heavy atom. The number of benzene rings is 1. The Morgan fingerprint density at radius 3 is 2.81 bits per heavy atom. The van der Waals surface area contributed by atoms with E-state index in [1.807, 2.05) is 12.1 Å². The minimum absolute atomic E-state index is 0.0774. The second kappa shape index (κ2) is 5.90. The maximum atomic E-state index is 11.9. The Hall–Kier alpha value is -2.44. The SMILES string of the molecule is CC(Oc1ccc(-n2cnnn2)cc1)C(=O)NCC1CC1. The van der Waals surface area contributed by atoms with Crippen LogP contribution in [0.1, 0.15) is 19.8 Å². The molecular formula is C14H17N5O2. The first-order valence-corrected chi connectivity index (χ1v) is 7.00. The Labute approximate surface area is 122 Å².